The van der Waals surface area contributed by atoms with Crippen LogP contribution in [0.15, 0.2) is 12.4 Å². The quantitative estimate of drug-likeness (QED) is 0.502. The van der Waals surface area contributed by atoms with Gasteiger partial charge in [-0.05, 0) is 12.3 Å². The highest BCUT2D eigenvalue weighted by atomic mass is 19.1. The van der Waals surface area contributed by atoms with E-state index in [9.17, 15) is 4.39 Å². The van der Waals surface area contributed by atoms with Crippen LogP contribution in [0.4, 0.5) is 4.39 Å². The Bertz CT molecular complexity index is 55.2. The summed E-state index contributed by atoms with van der Waals surface area (Å²) in [6.07, 6.45) is 2.97. The molecule has 0 unspecified atom stereocenters. The second-order valence-electron chi connectivity index (χ2n) is 1.99. The molecule has 0 saturated carbocycles. The highest BCUT2D eigenvalue weighted by Gasteiger charge is 1.84. The molecule has 0 nitrogen and oxygen atoms in total. The minimum atomic E-state index is 0.576. The van der Waals surface area contributed by atoms with Crippen molar-refractivity contribution in [2.75, 3.05) is 0 Å². The first-order valence-electron chi connectivity index (χ1n) is 2.52. The first-order chi connectivity index (χ1) is 3.27. The van der Waals surface area contributed by atoms with Crippen LogP contribution in [0.1, 0.15) is 20.3 Å². The lowest BCUT2D eigenvalue weighted by atomic mass is 10.1. The zero-order valence-electron chi connectivity index (χ0n) is 4.82. The third kappa shape index (κ3) is 5.67. The summed E-state index contributed by atoms with van der Waals surface area (Å²) in [6.45, 7) is 4.11. The molecule has 0 radical (unpaired) electrons. The molecule has 0 saturated heterocycles. The Morgan fingerprint density at radius 2 is 2.14 bits per heavy atom. The zero-order valence-corrected chi connectivity index (χ0v) is 4.82. The van der Waals surface area contributed by atoms with E-state index in [2.05, 4.69) is 13.8 Å². The maximum Gasteiger partial charge on any atom is 0.0827 e. The molecule has 42 valence electrons. The Morgan fingerprint density at radius 1 is 1.57 bits per heavy atom. The molecular formula is C6H11F. The van der Waals surface area contributed by atoms with Crippen molar-refractivity contribution in [1.82, 2.24) is 0 Å². The average Bonchev–Trinajstić information content (AvgIpc) is 1.61. The molecule has 0 heterocycles. The maximum atomic E-state index is 11.2. The first kappa shape index (κ1) is 6.67. The van der Waals surface area contributed by atoms with E-state index in [1.807, 2.05) is 0 Å². The highest BCUT2D eigenvalue weighted by molar-refractivity contribution is 4.72. The highest BCUT2D eigenvalue weighted by Crippen LogP contribution is 1.98. The molecule has 0 spiro atoms. The SMILES string of the molecule is CC(C)CC=CF. The van der Waals surface area contributed by atoms with Crippen molar-refractivity contribution >= 4 is 0 Å². The van der Waals surface area contributed by atoms with E-state index in [-0.39, 0.29) is 0 Å². The van der Waals surface area contributed by atoms with E-state index in [0.29, 0.717) is 12.2 Å². The molecule has 0 fully saturated rings. The van der Waals surface area contributed by atoms with E-state index in [1.54, 1.807) is 0 Å². The molecule has 0 N–H and O–H groups in total. The molecule has 0 amide bonds. The largest absolute Gasteiger partial charge is 0.216 e. The normalized spacial score (nSPS) is 11.4. The molecule has 7 heavy (non-hydrogen) atoms. The number of allylic oxidation sites excluding steroid dienone is 1. The van der Waals surface area contributed by atoms with Crippen molar-refractivity contribution in [1.29, 1.82) is 0 Å². The van der Waals surface area contributed by atoms with Crippen molar-refractivity contribution in [3.05, 3.63) is 12.4 Å². The smallest absolute Gasteiger partial charge is 0.0827 e. The van der Waals surface area contributed by atoms with Gasteiger partial charge in [-0.25, -0.2) is 4.39 Å². The van der Waals surface area contributed by atoms with Crippen LogP contribution in [-0.2, 0) is 0 Å². The second kappa shape index (κ2) is 3.85. The minimum Gasteiger partial charge on any atom is -0.216 e. The number of hydrogen-bond donors (Lipinski definition) is 0. The van der Waals surface area contributed by atoms with Crippen LogP contribution in [0.5, 0.6) is 0 Å². The fraction of sp³-hybridized carbons (Fsp3) is 0.667. The predicted octanol–water partition coefficient (Wildman–Crippen LogP) is 2.52. The Balaban J connectivity index is 2.97. The number of rotatable bonds is 2. The van der Waals surface area contributed by atoms with Crippen molar-refractivity contribution in [3.8, 4) is 0 Å². The summed E-state index contributed by atoms with van der Waals surface area (Å²) in [5.74, 6) is 0.576. The topological polar surface area (TPSA) is 0 Å². The Morgan fingerprint density at radius 3 is 2.29 bits per heavy atom. The summed E-state index contributed by atoms with van der Waals surface area (Å²) in [6, 6.07) is 0. The van der Waals surface area contributed by atoms with E-state index in [1.165, 1.54) is 6.08 Å². The predicted molar refractivity (Wildman–Crippen MR) is 29.7 cm³/mol. The molecule has 0 aromatic carbocycles. The molecule has 0 atom stereocenters. The van der Waals surface area contributed by atoms with Gasteiger partial charge >= 0.3 is 0 Å². The van der Waals surface area contributed by atoms with Crippen LogP contribution in [0, 0.1) is 5.92 Å². The van der Waals surface area contributed by atoms with Crippen molar-refractivity contribution in [2.45, 2.75) is 20.3 Å². The van der Waals surface area contributed by atoms with Crippen LogP contribution in [0.2, 0.25) is 0 Å². The molecule has 0 aromatic heterocycles. The van der Waals surface area contributed by atoms with Crippen LogP contribution >= 0.6 is 0 Å². The van der Waals surface area contributed by atoms with Gasteiger partial charge in [0, 0.05) is 0 Å². The molecule has 1 heteroatoms. The van der Waals surface area contributed by atoms with E-state index >= 15 is 0 Å². The first-order valence-corrected chi connectivity index (χ1v) is 2.52. The lowest BCUT2D eigenvalue weighted by Gasteiger charge is -1.92. The summed E-state index contributed by atoms with van der Waals surface area (Å²) in [7, 11) is 0. The number of hydrogen-bond acceptors (Lipinski definition) is 0. The van der Waals surface area contributed by atoms with Gasteiger partial charge in [0.15, 0.2) is 0 Å². The van der Waals surface area contributed by atoms with Crippen molar-refractivity contribution in [2.24, 2.45) is 5.92 Å². The fourth-order valence-electron chi connectivity index (χ4n) is 0.324. The second-order valence-corrected chi connectivity index (χ2v) is 1.99. The molecule has 0 aliphatic heterocycles. The lowest BCUT2D eigenvalue weighted by molar-refractivity contribution is 0.644. The Labute approximate surface area is 44.0 Å². The van der Waals surface area contributed by atoms with Gasteiger partial charge in [0.25, 0.3) is 0 Å². The zero-order chi connectivity index (χ0) is 5.70. The summed E-state index contributed by atoms with van der Waals surface area (Å²) in [4.78, 5) is 0. The van der Waals surface area contributed by atoms with Gasteiger partial charge in [-0.3, -0.25) is 0 Å². The third-order valence-electron chi connectivity index (χ3n) is 0.697. The molecule has 0 aliphatic carbocycles. The van der Waals surface area contributed by atoms with Crippen LogP contribution in [-0.4, -0.2) is 0 Å². The average molecular weight is 102 g/mol. The van der Waals surface area contributed by atoms with Crippen molar-refractivity contribution in [3.63, 3.8) is 0 Å². The summed E-state index contributed by atoms with van der Waals surface area (Å²) < 4.78 is 11.2. The summed E-state index contributed by atoms with van der Waals surface area (Å²) in [5, 5.41) is 0. The lowest BCUT2D eigenvalue weighted by Crippen LogP contribution is -1.79. The summed E-state index contributed by atoms with van der Waals surface area (Å²) >= 11 is 0. The molecule has 0 aliphatic rings. The standard InChI is InChI=1S/C6H11F/c1-6(2)4-3-5-7/h3,5-6H,4H2,1-2H3. The molecule has 0 rings (SSSR count). The number of halogens is 1. The molecule has 0 bridgehead atoms. The van der Waals surface area contributed by atoms with Gasteiger partial charge in [0.1, 0.15) is 0 Å². The van der Waals surface area contributed by atoms with Gasteiger partial charge in [-0.1, -0.05) is 19.9 Å². The third-order valence-corrected chi connectivity index (χ3v) is 0.697. The van der Waals surface area contributed by atoms with Gasteiger partial charge in [-0.2, -0.15) is 0 Å². The minimum absolute atomic E-state index is 0.576. The monoisotopic (exact) mass is 102 g/mol. The van der Waals surface area contributed by atoms with E-state index in [4.69, 9.17) is 0 Å². The van der Waals surface area contributed by atoms with E-state index in [0.717, 1.165) is 6.42 Å². The molecule has 0 aromatic rings. The van der Waals surface area contributed by atoms with Gasteiger partial charge in [-0.15, -0.1) is 0 Å². The van der Waals surface area contributed by atoms with Gasteiger partial charge in [0.05, 0.1) is 6.33 Å². The van der Waals surface area contributed by atoms with Gasteiger partial charge < -0.3 is 0 Å². The van der Waals surface area contributed by atoms with Crippen LogP contribution in [0.25, 0.3) is 0 Å². The van der Waals surface area contributed by atoms with Gasteiger partial charge in [0.2, 0.25) is 0 Å². The van der Waals surface area contributed by atoms with Crippen molar-refractivity contribution < 1.29 is 4.39 Å². The maximum absolute atomic E-state index is 11.2. The Hall–Kier alpha value is -0.330. The van der Waals surface area contributed by atoms with Crippen LogP contribution in [0.3, 0.4) is 0 Å². The van der Waals surface area contributed by atoms with E-state index < -0.39 is 0 Å². The fourth-order valence-corrected chi connectivity index (χ4v) is 0.324. The summed E-state index contributed by atoms with van der Waals surface area (Å²) in [5.41, 5.74) is 0. The Kier molecular flexibility index (Phi) is 3.67. The van der Waals surface area contributed by atoms with Crippen LogP contribution < -0.4 is 0 Å². The molecular weight excluding hydrogens is 91.1 g/mol.